The van der Waals surface area contributed by atoms with Crippen LogP contribution in [0.25, 0.3) is 0 Å². The second kappa shape index (κ2) is 6.06. The van der Waals surface area contributed by atoms with Gasteiger partial charge < -0.3 is 15.5 Å². The van der Waals surface area contributed by atoms with Crippen LogP contribution in [0.15, 0.2) is 18.2 Å². The van der Waals surface area contributed by atoms with Crippen LogP contribution >= 0.6 is 0 Å². The molecule has 0 saturated carbocycles. The van der Waals surface area contributed by atoms with E-state index in [0.29, 0.717) is 6.07 Å². The molecule has 0 aliphatic carbocycles. The van der Waals surface area contributed by atoms with Crippen LogP contribution < -0.4 is 5.32 Å². The number of hydrogen-bond donors (Lipinski definition) is 3. The fourth-order valence-corrected chi connectivity index (χ4v) is 1.41. The smallest absolute Gasteiger partial charge is 0.328 e. The first-order valence-corrected chi connectivity index (χ1v) is 5.39. The van der Waals surface area contributed by atoms with E-state index < -0.39 is 40.5 Å². The average molecular weight is 286 g/mol. The van der Waals surface area contributed by atoms with Gasteiger partial charge in [-0.1, -0.05) is 0 Å². The zero-order valence-corrected chi connectivity index (χ0v) is 10.2. The van der Waals surface area contributed by atoms with E-state index in [0.717, 1.165) is 19.1 Å². The van der Waals surface area contributed by atoms with Gasteiger partial charge in [-0.15, -0.1) is 0 Å². The van der Waals surface area contributed by atoms with E-state index in [9.17, 15) is 29.2 Å². The summed E-state index contributed by atoms with van der Waals surface area (Å²) in [7, 11) is 0. The Morgan fingerprint density at radius 3 is 2.50 bits per heavy atom. The molecule has 0 fully saturated rings. The van der Waals surface area contributed by atoms with E-state index in [2.05, 4.69) is 0 Å². The number of aliphatic hydroxyl groups excluding tert-OH is 1. The molecule has 0 saturated heterocycles. The molecule has 0 unspecified atom stereocenters. The summed E-state index contributed by atoms with van der Waals surface area (Å²) in [6, 6.07) is 0.807. The number of carboxylic acid groups (broad SMARTS) is 1. The number of carbonyl (C=O) groups excluding carboxylic acids is 1. The predicted molar refractivity (Wildman–Crippen MR) is 63.6 cm³/mol. The summed E-state index contributed by atoms with van der Waals surface area (Å²) in [6.07, 6.45) is -1.37. The van der Waals surface area contributed by atoms with Crippen molar-refractivity contribution in [3.05, 3.63) is 39.7 Å². The first-order valence-electron chi connectivity index (χ1n) is 5.39. The Morgan fingerprint density at radius 2 is 2.05 bits per heavy atom. The van der Waals surface area contributed by atoms with Crippen LogP contribution in [0, 0.1) is 15.9 Å². The minimum absolute atomic E-state index is 0.287. The predicted octanol–water partition coefficient (Wildman–Crippen LogP) is 0.298. The molecule has 0 bridgehead atoms. The van der Waals surface area contributed by atoms with Gasteiger partial charge in [0.25, 0.3) is 5.91 Å². The monoisotopic (exact) mass is 286 g/mol. The zero-order chi connectivity index (χ0) is 15.4. The molecule has 2 atom stereocenters. The van der Waals surface area contributed by atoms with E-state index in [1.807, 2.05) is 5.32 Å². The minimum Gasteiger partial charge on any atom is -0.480 e. The molecule has 1 aromatic rings. The van der Waals surface area contributed by atoms with E-state index in [1.165, 1.54) is 0 Å². The number of halogens is 1. The quantitative estimate of drug-likeness (QED) is 0.527. The first-order chi connectivity index (χ1) is 9.23. The maximum atomic E-state index is 13.1. The van der Waals surface area contributed by atoms with Crippen LogP contribution in [-0.4, -0.2) is 39.2 Å². The number of benzene rings is 1. The fourth-order valence-electron chi connectivity index (χ4n) is 1.41. The molecule has 20 heavy (non-hydrogen) atoms. The van der Waals surface area contributed by atoms with Crippen LogP contribution in [0.5, 0.6) is 0 Å². The third-order valence-corrected chi connectivity index (χ3v) is 2.44. The third-order valence-electron chi connectivity index (χ3n) is 2.44. The highest BCUT2D eigenvalue weighted by Crippen LogP contribution is 2.18. The fraction of sp³-hybridized carbons (Fsp3) is 0.273. The van der Waals surface area contributed by atoms with Crippen LogP contribution in [0.3, 0.4) is 0 Å². The Balaban J connectivity index is 3.01. The number of amides is 1. The molecule has 0 aliphatic heterocycles. The molecule has 9 heteroatoms. The van der Waals surface area contributed by atoms with Crippen LogP contribution in [-0.2, 0) is 4.79 Å². The Kier molecular flexibility index (Phi) is 4.70. The number of carboxylic acids is 1. The average Bonchev–Trinajstić information content (AvgIpc) is 2.34. The SMILES string of the molecule is C[C@@H](O)[C@H](NC(=O)c1ccc(F)c([N+](=O)[O-])c1)C(=O)O. The summed E-state index contributed by atoms with van der Waals surface area (Å²) in [5.41, 5.74) is -1.19. The Hall–Kier alpha value is -2.55. The van der Waals surface area contributed by atoms with Gasteiger partial charge in [-0.05, 0) is 19.1 Å². The van der Waals surface area contributed by atoms with Gasteiger partial charge in [0.2, 0.25) is 5.82 Å². The number of nitrogens with zero attached hydrogens (tertiary/aromatic N) is 1. The summed E-state index contributed by atoms with van der Waals surface area (Å²) in [5, 5.41) is 30.5. The normalized spacial score (nSPS) is 13.3. The van der Waals surface area contributed by atoms with Crippen LogP contribution in [0.1, 0.15) is 17.3 Å². The van der Waals surface area contributed by atoms with Crippen molar-refractivity contribution in [3.8, 4) is 0 Å². The van der Waals surface area contributed by atoms with E-state index in [-0.39, 0.29) is 5.56 Å². The molecule has 108 valence electrons. The molecule has 1 amide bonds. The largest absolute Gasteiger partial charge is 0.480 e. The van der Waals surface area contributed by atoms with Crippen molar-refractivity contribution in [1.82, 2.24) is 5.32 Å². The lowest BCUT2D eigenvalue weighted by molar-refractivity contribution is -0.387. The van der Waals surface area contributed by atoms with Gasteiger partial charge in [-0.3, -0.25) is 14.9 Å². The van der Waals surface area contributed by atoms with Crippen molar-refractivity contribution in [2.45, 2.75) is 19.1 Å². The van der Waals surface area contributed by atoms with Crippen molar-refractivity contribution in [2.75, 3.05) is 0 Å². The molecule has 8 nitrogen and oxygen atoms in total. The number of aliphatic carboxylic acids is 1. The number of nitro groups is 1. The Bertz CT molecular complexity index is 560. The summed E-state index contributed by atoms with van der Waals surface area (Å²) in [4.78, 5) is 32.0. The van der Waals surface area contributed by atoms with E-state index in [1.54, 1.807) is 0 Å². The molecule has 0 heterocycles. The molecule has 0 aliphatic rings. The number of aliphatic hydroxyl groups is 1. The van der Waals surface area contributed by atoms with Crippen LogP contribution in [0.2, 0.25) is 0 Å². The number of nitrogens with one attached hydrogen (secondary N) is 1. The lowest BCUT2D eigenvalue weighted by atomic mass is 10.1. The molecule has 0 spiro atoms. The second-order valence-corrected chi connectivity index (χ2v) is 3.95. The molecule has 0 aromatic heterocycles. The standard InChI is InChI=1S/C11H11FN2O6/c1-5(15)9(11(17)18)13-10(16)6-2-3-7(12)8(4-6)14(19)20/h2-5,9,15H,1H3,(H,13,16)(H,17,18)/t5-,9+/m1/s1. The van der Waals surface area contributed by atoms with Crippen molar-refractivity contribution < 1.29 is 29.1 Å². The van der Waals surface area contributed by atoms with Gasteiger partial charge >= 0.3 is 11.7 Å². The number of hydrogen-bond acceptors (Lipinski definition) is 5. The highest BCUT2D eigenvalue weighted by Gasteiger charge is 2.26. The highest BCUT2D eigenvalue weighted by molar-refractivity contribution is 5.97. The lowest BCUT2D eigenvalue weighted by Crippen LogP contribution is -2.47. The molecular formula is C11H11FN2O6. The van der Waals surface area contributed by atoms with Gasteiger partial charge in [0.15, 0.2) is 6.04 Å². The minimum atomic E-state index is -1.58. The summed E-state index contributed by atoms with van der Waals surface area (Å²) in [6.45, 7) is 1.16. The second-order valence-electron chi connectivity index (χ2n) is 3.95. The number of nitro benzene ring substituents is 1. The maximum absolute atomic E-state index is 13.1. The summed E-state index contributed by atoms with van der Waals surface area (Å²) < 4.78 is 13.1. The van der Waals surface area contributed by atoms with Gasteiger partial charge in [0, 0.05) is 11.6 Å². The number of carbonyl (C=O) groups is 2. The number of rotatable bonds is 5. The van der Waals surface area contributed by atoms with Gasteiger partial charge in [0.05, 0.1) is 11.0 Å². The highest BCUT2D eigenvalue weighted by atomic mass is 19.1. The molecule has 1 aromatic carbocycles. The Morgan fingerprint density at radius 1 is 1.45 bits per heavy atom. The van der Waals surface area contributed by atoms with Crippen molar-refractivity contribution in [2.24, 2.45) is 0 Å². The Labute approximate surface area is 112 Å². The maximum Gasteiger partial charge on any atom is 0.328 e. The molecule has 1 rings (SSSR count). The van der Waals surface area contributed by atoms with Gasteiger partial charge in [-0.2, -0.15) is 4.39 Å². The lowest BCUT2D eigenvalue weighted by Gasteiger charge is -2.16. The summed E-state index contributed by atoms with van der Waals surface area (Å²) >= 11 is 0. The first kappa shape index (κ1) is 15.5. The topological polar surface area (TPSA) is 130 Å². The van der Waals surface area contributed by atoms with Crippen molar-refractivity contribution >= 4 is 17.6 Å². The third kappa shape index (κ3) is 3.48. The molecule has 3 N–H and O–H groups in total. The van der Waals surface area contributed by atoms with Gasteiger partial charge in [0.1, 0.15) is 0 Å². The van der Waals surface area contributed by atoms with E-state index >= 15 is 0 Å². The summed E-state index contributed by atoms with van der Waals surface area (Å²) in [5.74, 6) is -3.55. The molecular weight excluding hydrogens is 275 g/mol. The van der Waals surface area contributed by atoms with Gasteiger partial charge in [-0.25, -0.2) is 4.79 Å². The van der Waals surface area contributed by atoms with Crippen LogP contribution in [0.4, 0.5) is 10.1 Å². The molecule has 0 radical (unpaired) electrons. The van der Waals surface area contributed by atoms with Crippen molar-refractivity contribution in [1.29, 1.82) is 0 Å². The zero-order valence-electron chi connectivity index (χ0n) is 10.2. The van der Waals surface area contributed by atoms with Crippen molar-refractivity contribution in [3.63, 3.8) is 0 Å². The van der Waals surface area contributed by atoms with E-state index in [4.69, 9.17) is 5.11 Å².